The molecule has 0 N–H and O–H groups in total. The lowest BCUT2D eigenvalue weighted by Crippen LogP contribution is -2.04. The van der Waals surface area contributed by atoms with Gasteiger partial charge < -0.3 is 0 Å². The first-order chi connectivity index (χ1) is 7.97. The smallest absolute Gasteiger partial charge is 0.293 e. The number of hydrogen-bond donors (Lipinski definition) is 0. The molecule has 0 aromatic rings. The second kappa shape index (κ2) is 6.54. The van der Waals surface area contributed by atoms with Gasteiger partial charge in [-0.15, -0.1) is 0 Å². The van der Waals surface area contributed by atoms with Crippen LogP contribution in [-0.2, 0) is 19.2 Å². The Balaban J connectivity index is 2.41. The van der Waals surface area contributed by atoms with Crippen LogP contribution in [0.3, 0.4) is 0 Å². The van der Waals surface area contributed by atoms with E-state index in [2.05, 4.69) is 15.5 Å². The minimum atomic E-state index is -3.62. The Hall–Kier alpha value is -1.17. The van der Waals surface area contributed by atoms with Crippen molar-refractivity contribution >= 4 is 22.1 Å². The number of ketones is 1. The standard InChI is InChI=1S/C11H17NO4S/c1-17(14,15)16-12-9-11(13)8-10-6-4-2-3-5-7-10/h6,9H,2-5,7-8H2,1H3. The maximum Gasteiger partial charge on any atom is 0.325 e. The Morgan fingerprint density at radius 2 is 2.24 bits per heavy atom. The molecule has 1 aliphatic carbocycles. The van der Waals surface area contributed by atoms with Crippen molar-refractivity contribution in [2.24, 2.45) is 5.16 Å². The van der Waals surface area contributed by atoms with E-state index in [0.29, 0.717) is 6.42 Å². The SMILES string of the molecule is CS(=O)(=O)ON=CC(=O)CC1=CCCCCC1. The predicted molar refractivity (Wildman–Crippen MR) is 65.2 cm³/mol. The molecule has 6 heteroatoms. The van der Waals surface area contributed by atoms with E-state index in [1.807, 2.05) is 0 Å². The fraction of sp³-hybridized carbons (Fsp3) is 0.636. The average molecular weight is 259 g/mol. The molecule has 0 aliphatic heterocycles. The molecule has 0 bridgehead atoms. The minimum Gasteiger partial charge on any atom is -0.293 e. The molecular formula is C11H17NO4S. The van der Waals surface area contributed by atoms with Gasteiger partial charge >= 0.3 is 10.1 Å². The number of carbonyl (C=O) groups excluding carboxylic acids is 1. The number of hydrogen-bond acceptors (Lipinski definition) is 5. The molecular weight excluding hydrogens is 242 g/mol. The van der Waals surface area contributed by atoms with Crippen molar-refractivity contribution in [1.29, 1.82) is 0 Å². The molecule has 1 rings (SSSR count). The number of oxime groups is 1. The molecule has 0 aromatic heterocycles. The van der Waals surface area contributed by atoms with Crippen LogP contribution in [0.25, 0.3) is 0 Å². The topological polar surface area (TPSA) is 72.8 Å². The highest BCUT2D eigenvalue weighted by molar-refractivity contribution is 7.85. The number of allylic oxidation sites excluding steroid dienone is 2. The Bertz CT molecular complexity index is 423. The molecule has 0 amide bonds. The lowest BCUT2D eigenvalue weighted by molar-refractivity contribution is -0.112. The van der Waals surface area contributed by atoms with Gasteiger partial charge in [-0.3, -0.25) is 9.08 Å². The summed E-state index contributed by atoms with van der Waals surface area (Å²) in [4.78, 5) is 11.4. The molecule has 0 aromatic carbocycles. The maximum absolute atomic E-state index is 11.4. The highest BCUT2D eigenvalue weighted by Crippen LogP contribution is 2.19. The third-order valence-corrected chi connectivity index (χ3v) is 2.77. The lowest BCUT2D eigenvalue weighted by Gasteiger charge is -2.00. The maximum atomic E-state index is 11.4. The van der Waals surface area contributed by atoms with Crippen LogP contribution in [0.15, 0.2) is 16.8 Å². The number of Topliss-reactive ketones (excluding diaryl/α,β-unsaturated/α-hetero) is 1. The van der Waals surface area contributed by atoms with Gasteiger partial charge in [0.2, 0.25) is 0 Å². The van der Waals surface area contributed by atoms with E-state index in [0.717, 1.165) is 37.3 Å². The Kier molecular flexibility index (Phi) is 5.34. The van der Waals surface area contributed by atoms with Crippen LogP contribution < -0.4 is 0 Å². The highest BCUT2D eigenvalue weighted by atomic mass is 32.2. The Labute approximate surface area is 102 Å². The lowest BCUT2D eigenvalue weighted by atomic mass is 10.1. The molecule has 1 aliphatic rings. The summed E-state index contributed by atoms with van der Waals surface area (Å²) in [5, 5.41) is 3.14. The second-order valence-electron chi connectivity index (χ2n) is 4.12. The van der Waals surface area contributed by atoms with Gasteiger partial charge in [0.15, 0.2) is 5.78 Å². The summed E-state index contributed by atoms with van der Waals surface area (Å²) >= 11 is 0. The number of nitrogens with zero attached hydrogens (tertiary/aromatic N) is 1. The Morgan fingerprint density at radius 1 is 1.47 bits per heavy atom. The zero-order valence-electron chi connectivity index (χ0n) is 9.89. The van der Waals surface area contributed by atoms with E-state index >= 15 is 0 Å². The third-order valence-electron chi connectivity index (χ3n) is 2.41. The van der Waals surface area contributed by atoms with Gasteiger partial charge in [-0.1, -0.05) is 23.2 Å². The van der Waals surface area contributed by atoms with Crippen LogP contribution in [0.5, 0.6) is 0 Å². The van der Waals surface area contributed by atoms with Gasteiger partial charge in [0.25, 0.3) is 0 Å². The number of carbonyl (C=O) groups is 1. The van der Waals surface area contributed by atoms with Crippen LogP contribution >= 0.6 is 0 Å². The quantitative estimate of drug-likeness (QED) is 0.428. The van der Waals surface area contributed by atoms with Gasteiger partial charge in [-0.25, -0.2) is 0 Å². The van der Waals surface area contributed by atoms with Gasteiger partial charge in [0, 0.05) is 6.42 Å². The molecule has 0 atom stereocenters. The number of rotatable bonds is 5. The summed E-state index contributed by atoms with van der Waals surface area (Å²) in [6.45, 7) is 0. The van der Waals surface area contributed by atoms with Crippen LogP contribution in [0, 0.1) is 0 Å². The average Bonchev–Trinajstić information content (AvgIpc) is 2.44. The highest BCUT2D eigenvalue weighted by Gasteiger charge is 2.07. The van der Waals surface area contributed by atoms with E-state index in [4.69, 9.17) is 0 Å². The van der Waals surface area contributed by atoms with Crippen LogP contribution in [-0.4, -0.2) is 26.7 Å². The van der Waals surface area contributed by atoms with E-state index in [9.17, 15) is 13.2 Å². The molecule has 17 heavy (non-hydrogen) atoms. The molecule has 96 valence electrons. The summed E-state index contributed by atoms with van der Waals surface area (Å²) < 4.78 is 25.3. The summed E-state index contributed by atoms with van der Waals surface area (Å²) in [5.41, 5.74) is 1.11. The molecule has 5 nitrogen and oxygen atoms in total. The predicted octanol–water partition coefficient (Wildman–Crippen LogP) is 1.80. The van der Waals surface area contributed by atoms with E-state index in [-0.39, 0.29) is 5.78 Å². The van der Waals surface area contributed by atoms with Crippen molar-refractivity contribution in [3.63, 3.8) is 0 Å². The van der Waals surface area contributed by atoms with Crippen molar-refractivity contribution < 1.29 is 17.5 Å². The first-order valence-electron chi connectivity index (χ1n) is 5.60. The second-order valence-corrected chi connectivity index (χ2v) is 5.68. The van der Waals surface area contributed by atoms with Crippen molar-refractivity contribution in [2.75, 3.05) is 6.26 Å². The van der Waals surface area contributed by atoms with Crippen molar-refractivity contribution in [3.05, 3.63) is 11.6 Å². The largest absolute Gasteiger partial charge is 0.325 e. The fourth-order valence-corrected chi connectivity index (χ4v) is 1.87. The van der Waals surface area contributed by atoms with Gasteiger partial charge in [0.1, 0.15) is 6.21 Å². The summed E-state index contributed by atoms with van der Waals surface area (Å²) in [6, 6.07) is 0. The monoisotopic (exact) mass is 259 g/mol. The molecule has 0 radical (unpaired) electrons. The van der Waals surface area contributed by atoms with Crippen molar-refractivity contribution in [1.82, 2.24) is 0 Å². The fourth-order valence-electron chi connectivity index (χ4n) is 1.67. The molecule has 0 saturated heterocycles. The van der Waals surface area contributed by atoms with E-state index in [1.165, 1.54) is 12.8 Å². The molecule has 0 heterocycles. The van der Waals surface area contributed by atoms with Crippen molar-refractivity contribution in [2.45, 2.75) is 38.5 Å². The normalized spacial score (nSPS) is 17.6. The first-order valence-corrected chi connectivity index (χ1v) is 7.42. The van der Waals surface area contributed by atoms with Gasteiger partial charge in [0.05, 0.1) is 6.26 Å². The summed E-state index contributed by atoms with van der Waals surface area (Å²) in [7, 11) is -3.62. The Morgan fingerprint density at radius 3 is 2.94 bits per heavy atom. The van der Waals surface area contributed by atoms with Crippen LogP contribution in [0.2, 0.25) is 0 Å². The summed E-state index contributed by atoms with van der Waals surface area (Å²) in [5.74, 6) is -0.234. The van der Waals surface area contributed by atoms with Crippen molar-refractivity contribution in [3.8, 4) is 0 Å². The van der Waals surface area contributed by atoms with Crippen LogP contribution in [0.4, 0.5) is 0 Å². The first kappa shape index (κ1) is 13.9. The molecule has 0 saturated carbocycles. The zero-order chi connectivity index (χ0) is 12.7. The van der Waals surface area contributed by atoms with E-state index in [1.54, 1.807) is 0 Å². The van der Waals surface area contributed by atoms with Crippen LogP contribution in [0.1, 0.15) is 38.5 Å². The molecule has 0 unspecified atom stereocenters. The van der Waals surface area contributed by atoms with Gasteiger partial charge in [-0.05, 0) is 25.7 Å². The zero-order valence-corrected chi connectivity index (χ0v) is 10.7. The van der Waals surface area contributed by atoms with E-state index < -0.39 is 10.1 Å². The minimum absolute atomic E-state index is 0.234. The summed E-state index contributed by atoms with van der Waals surface area (Å²) in [6.07, 6.45) is 9.62. The molecule has 0 fully saturated rings. The molecule has 0 spiro atoms. The third kappa shape index (κ3) is 6.88. The van der Waals surface area contributed by atoms with Gasteiger partial charge in [-0.2, -0.15) is 8.42 Å².